The van der Waals surface area contributed by atoms with Crippen LogP contribution in [0.2, 0.25) is 0 Å². The van der Waals surface area contributed by atoms with Crippen molar-refractivity contribution in [3.8, 4) is 0 Å². The molecule has 1 heterocycles. The van der Waals surface area contributed by atoms with Crippen LogP contribution in [0.15, 0.2) is 24.3 Å². The smallest absolute Gasteiger partial charge is 0.306 e. The maximum atomic E-state index is 12.5. The van der Waals surface area contributed by atoms with Crippen molar-refractivity contribution in [1.29, 1.82) is 0 Å². The molecule has 0 spiro atoms. The highest BCUT2D eigenvalue weighted by Crippen LogP contribution is 2.34. The Hall–Kier alpha value is -1.50. The topological polar surface area (TPSA) is 82.1 Å². The monoisotopic (exact) mass is 478 g/mol. The number of Topliss-reactive ketones (excluding diaryl/α,β-unsaturated/α-hetero) is 1. The number of rotatable bonds is 15. The van der Waals surface area contributed by atoms with E-state index in [2.05, 4.69) is 13.0 Å². The molecule has 2 unspecified atom stereocenters. The molecule has 6 nitrogen and oxygen atoms in total. The molecule has 1 aliphatic heterocycles. The van der Waals surface area contributed by atoms with Crippen molar-refractivity contribution in [2.45, 2.75) is 122 Å². The van der Waals surface area contributed by atoms with Gasteiger partial charge in [-0.3, -0.25) is 9.59 Å². The standard InChI is InChI=1S/C28H46O6/c1-4-5-8-13-22(34-28-16-11-12-19-32-28)17-18-24-23(25(29)20-26(24)30)14-9-6-7-10-15-27(31)33-21(2)3/h6,9,17-18,21-24,26,28,30H,4-5,7-8,10-16,19-20H2,1-3H3/b9-6-,18-17+/t22?,23-,24-,26-,28?/m1/s1. The molecule has 2 aliphatic rings. The van der Waals surface area contributed by atoms with Gasteiger partial charge in [0.2, 0.25) is 0 Å². The third kappa shape index (κ3) is 10.8. The maximum absolute atomic E-state index is 12.5. The number of ketones is 1. The first-order valence-corrected chi connectivity index (χ1v) is 13.4. The quantitative estimate of drug-likeness (QED) is 0.186. The van der Waals surface area contributed by atoms with Crippen molar-refractivity contribution in [2.75, 3.05) is 6.61 Å². The number of esters is 1. The number of carbonyl (C=O) groups is 2. The van der Waals surface area contributed by atoms with Crippen LogP contribution >= 0.6 is 0 Å². The lowest BCUT2D eigenvalue weighted by Crippen LogP contribution is -2.27. The highest BCUT2D eigenvalue weighted by molar-refractivity contribution is 5.84. The average molecular weight is 479 g/mol. The molecule has 6 heteroatoms. The molecule has 1 saturated heterocycles. The Morgan fingerprint density at radius 3 is 2.74 bits per heavy atom. The zero-order valence-corrected chi connectivity index (χ0v) is 21.5. The fourth-order valence-corrected chi connectivity index (χ4v) is 4.64. The van der Waals surface area contributed by atoms with E-state index in [-0.39, 0.29) is 48.5 Å². The van der Waals surface area contributed by atoms with Gasteiger partial charge in [0.1, 0.15) is 5.78 Å². The minimum Gasteiger partial charge on any atom is -0.463 e. The molecule has 1 aliphatic carbocycles. The van der Waals surface area contributed by atoms with Crippen LogP contribution in [-0.4, -0.2) is 48.1 Å². The summed E-state index contributed by atoms with van der Waals surface area (Å²) in [5.41, 5.74) is 0. The number of allylic oxidation sites excluding steroid dienone is 2. The molecule has 0 amide bonds. The molecule has 34 heavy (non-hydrogen) atoms. The third-order valence-corrected chi connectivity index (χ3v) is 6.51. The van der Waals surface area contributed by atoms with Crippen molar-refractivity contribution in [2.24, 2.45) is 11.8 Å². The molecule has 0 radical (unpaired) electrons. The van der Waals surface area contributed by atoms with Crippen molar-refractivity contribution in [3.63, 3.8) is 0 Å². The van der Waals surface area contributed by atoms with Gasteiger partial charge in [-0.2, -0.15) is 0 Å². The van der Waals surface area contributed by atoms with Gasteiger partial charge in [0.25, 0.3) is 0 Å². The first kappa shape index (κ1) is 28.7. The summed E-state index contributed by atoms with van der Waals surface area (Å²) in [5.74, 6) is -0.457. The first-order valence-electron chi connectivity index (χ1n) is 13.4. The number of ether oxygens (including phenoxy) is 3. The van der Waals surface area contributed by atoms with Gasteiger partial charge in [0, 0.05) is 31.3 Å². The van der Waals surface area contributed by atoms with Crippen LogP contribution in [0.4, 0.5) is 0 Å². The second-order valence-corrected chi connectivity index (χ2v) is 9.91. The molecule has 0 aromatic heterocycles. The fraction of sp³-hybridized carbons (Fsp3) is 0.786. The summed E-state index contributed by atoms with van der Waals surface area (Å²) in [5, 5.41) is 10.5. The molecule has 1 saturated carbocycles. The lowest BCUT2D eigenvalue weighted by atomic mass is 9.90. The normalized spacial score (nSPS) is 26.7. The Morgan fingerprint density at radius 1 is 1.21 bits per heavy atom. The third-order valence-electron chi connectivity index (χ3n) is 6.51. The molecule has 2 rings (SSSR count). The number of aliphatic hydroxyl groups excluding tert-OH is 1. The maximum Gasteiger partial charge on any atom is 0.306 e. The lowest BCUT2D eigenvalue weighted by molar-refractivity contribution is -0.179. The van der Waals surface area contributed by atoms with E-state index in [1.54, 1.807) is 0 Å². The van der Waals surface area contributed by atoms with Crippen LogP contribution in [0.25, 0.3) is 0 Å². The van der Waals surface area contributed by atoms with E-state index in [0.29, 0.717) is 12.8 Å². The van der Waals surface area contributed by atoms with Crippen molar-refractivity contribution < 1.29 is 28.9 Å². The molecule has 0 aromatic rings. The minimum absolute atomic E-state index is 0.0562. The molecule has 0 aromatic carbocycles. The van der Waals surface area contributed by atoms with Crippen LogP contribution in [0, 0.1) is 11.8 Å². The van der Waals surface area contributed by atoms with E-state index in [9.17, 15) is 14.7 Å². The summed E-state index contributed by atoms with van der Waals surface area (Å²) in [6, 6.07) is 0. The zero-order chi connectivity index (χ0) is 24.8. The summed E-state index contributed by atoms with van der Waals surface area (Å²) in [4.78, 5) is 24.1. The number of hydrogen-bond acceptors (Lipinski definition) is 6. The SMILES string of the molecule is CCCCCC(/C=C/[C@H]1[C@H](O)CC(=O)[C@@H]1C/C=C\CCCC(=O)OC(C)C)OC1CCCCO1. The highest BCUT2D eigenvalue weighted by atomic mass is 16.7. The minimum atomic E-state index is -0.643. The van der Waals surface area contributed by atoms with Crippen molar-refractivity contribution >= 4 is 11.8 Å². The Kier molecular flexibility index (Phi) is 13.7. The van der Waals surface area contributed by atoms with Crippen LogP contribution in [0.5, 0.6) is 0 Å². The summed E-state index contributed by atoms with van der Waals surface area (Å²) < 4.78 is 17.1. The van der Waals surface area contributed by atoms with E-state index in [4.69, 9.17) is 14.2 Å². The number of aliphatic hydroxyl groups is 1. The molecule has 1 N–H and O–H groups in total. The fourth-order valence-electron chi connectivity index (χ4n) is 4.64. The zero-order valence-electron chi connectivity index (χ0n) is 21.5. The van der Waals surface area contributed by atoms with Crippen LogP contribution in [-0.2, 0) is 23.8 Å². The number of unbranched alkanes of at least 4 members (excludes halogenated alkanes) is 3. The Balaban J connectivity index is 1.87. The van der Waals surface area contributed by atoms with Gasteiger partial charge in [-0.05, 0) is 58.8 Å². The summed E-state index contributed by atoms with van der Waals surface area (Å²) in [6.45, 7) is 6.63. The highest BCUT2D eigenvalue weighted by Gasteiger charge is 2.39. The Bertz CT molecular complexity index is 649. The molecule has 194 valence electrons. The second kappa shape index (κ2) is 16.2. The van der Waals surface area contributed by atoms with Crippen LogP contribution in [0.3, 0.4) is 0 Å². The van der Waals surface area contributed by atoms with E-state index < -0.39 is 6.10 Å². The molecular formula is C28H46O6. The van der Waals surface area contributed by atoms with Gasteiger partial charge in [-0.25, -0.2) is 0 Å². The molecule has 0 bridgehead atoms. The summed E-state index contributed by atoms with van der Waals surface area (Å²) in [7, 11) is 0. The van der Waals surface area contributed by atoms with Gasteiger partial charge in [-0.15, -0.1) is 0 Å². The van der Waals surface area contributed by atoms with Gasteiger partial charge in [0.15, 0.2) is 6.29 Å². The van der Waals surface area contributed by atoms with Gasteiger partial charge >= 0.3 is 5.97 Å². The summed E-state index contributed by atoms with van der Waals surface area (Å²) in [6.07, 6.45) is 17.3. The van der Waals surface area contributed by atoms with Crippen molar-refractivity contribution in [1.82, 2.24) is 0 Å². The first-order chi connectivity index (χ1) is 16.4. The lowest BCUT2D eigenvalue weighted by Gasteiger charge is -2.27. The van der Waals surface area contributed by atoms with Crippen LogP contribution in [0.1, 0.15) is 97.8 Å². The predicted molar refractivity (Wildman–Crippen MR) is 133 cm³/mol. The summed E-state index contributed by atoms with van der Waals surface area (Å²) >= 11 is 0. The number of carbonyl (C=O) groups excluding carboxylic acids is 2. The van der Waals surface area contributed by atoms with E-state index in [1.807, 2.05) is 32.1 Å². The van der Waals surface area contributed by atoms with Gasteiger partial charge in [0.05, 0.1) is 18.3 Å². The Morgan fingerprint density at radius 2 is 2.03 bits per heavy atom. The predicted octanol–water partition coefficient (Wildman–Crippen LogP) is 5.67. The molecule has 5 atom stereocenters. The van der Waals surface area contributed by atoms with Crippen molar-refractivity contribution in [3.05, 3.63) is 24.3 Å². The van der Waals surface area contributed by atoms with Crippen LogP contribution < -0.4 is 0 Å². The van der Waals surface area contributed by atoms with E-state index >= 15 is 0 Å². The molecular weight excluding hydrogens is 432 g/mol. The van der Waals surface area contributed by atoms with E-state index in [1.165, 1.54) is 0 Å². The Labute approximate surface area is 206 Å². The second-order valence-electron chi connectivity index (χ2n) is 9.91. The number of hydrogen-bond donors (Lipinski definition) is 1. The van der Waals surface area contributed by atoms with Gasteiger partial charge in [-0.1, -0.05) is 50.5 Å². The average Bonchev–Trinajstić information content (AvgIpc) is 3.06. The van der Waals surface area contributed by atoms with E-state index in [0.717, 1.165) is 64.4 Å². The largest absolute Gasteiger partial charge is 0.463 e. The molecule has 2 fully saturated rings. The van der Waals surface area contributed by atoms with Gasteiger partial charge < -0.3 is 19.3 Å².